The zero-order valence-corrected chi connectivity index (χ0v) is 13.6. The van der Waals surface area contributed by atoms with Crippen molar-refractivity contribution in [2.45, 2.75) is 38.6 Å². The number of unbranched alkanes of at least 4 members (excludes halogenated alkanes) is 2. The normalized spacial score (nSPS) is 12.2. The van der Waals surface area contributed by atoms with E-state index >= 15 is 0 Å². The summed E-state index contributed by atoms with van der Waals surface area (Å²) >= 11 is 0. The molecule has 0 aliphatic carbocycles. The maximum Gasteiger partial charge on any atom is 0.165 e. The van der Waals surface area contributed by atoms with Crippen LogP contribution in [-0.2, 0) is 0 Å². The van der Waals surface area contributed by atoms with Crippen molar-refractivity contribution >= 4 is 0 Å². The van der Waals surface area contributed by atoms with Gasteiger partial charge in [-0.2, -0.15) is 0 Å². The molecule has 3 N–H and O–H groups in total. The lowest BCUT2D eigenvalue weighted by Crippen LogP contribution is -2.12. The summed E-state index contributed by atoms with van der Waals surface area (Å²) in [6, 6.07) is 3.88. The minimum Gasteiger partial charge on any atom is -0.493 e. The fraction of sp³-hybridized carbons (Fsp3) is 0.471. The van der Waals surface area contributed by atoms with Gasteiger partial charge in [0.1, 0.15) is 5.82 Å². The number of aromatic amines is 1. The van der Waals surface area contributed by atoms with Gasteiger partial charge in [-0.3, -0.25) is 0 Å². The predicted octanol–water partition coefficient (Wildman–Crippen LogP) is 3.67. The van der Waals surface area contributed by atoms with Gasteiger partial charge in [0, 0.05) is 29.6 Å². The van der Waals surface area contributed by atoms with Crippen molar-refractivity contribution in [2.75, 3.05) is 14.2 Å². The van der Waals surface area contributed by atoms with Gasteiger partial charge in [0.2, 0.25) is 0 Å². The summed E-state index contributed by atoms with van der Waals surface area (Å²) in [5, 5.41) is 0. The van der Waals surface area contributed by atoms with Crippen LogP contribution in [0.25, 0.3) is 11.4 Å². The molecule has 5 heteroatoms. The summed E-state index contributed by atoms with van der Waals surface area (Å²) in [5.41, 5.74) is 8.30. The Morgan fingerprint density at radius 3 is 2.64 bits per heavy atom. The fourth-order valence-corrected chi connectivity index (χ4v) is 2.60. The smallest absolute Gasteiger partial charge is 0.165 e. The Morgan fingerprint density at radius 1 is 1.23 bits per heavy atom. The Morgan fingerprint density at radius 2 is 2.05 bits per heavy atom. The van der Waals surface area contributed by atoms with Gasteiger partial charge < -0.3 is 20.2 Å². The van der Waals surface area contributed by atoms with E-state index in [1.54, 1.807) is 26.6 Å². The van der Waals surface area contributed by atoms with Gasteiger partial charge >= 0.3 is 0 Å². The van der Waals surface area contributed by atoms with Crippen LogP contribution in [0.5, 0.6) is 11.5 Å². The van der Waals surface area contributed by atoms with E-state index in [2.05, 4.69) is 16.9 Å². The Balaban J connectivity index is 2.38. The SMILES string of the molecule is CCCCCC(N)c1cc(-c2ncc[nH]2)cc(OC)c1OC. The van der Waals surface area contributed by atoms with Crippen molar-refractivity contribution in [3.8, 4) is 22.9 Å². The molecule has 1 unspecified atom stereocenters. The predicted molar refractivity (Wildman–Crippen MR) is 88.2 cm³/mol. The number of nitrogens with one attached hydrogen (secondary N) is 1. The summed E-state index contributed by atoms with van der Waals surface area (Å²) in [5.74, 6) is 2.18. The second-order valence-corrected chi connectivity index (χ2v) is 5.34. The average molecular weight is 303 g/mol. The molecule has 0 spiro atoms. The standard InChI is InChI=1S/C17H25N3O2/c1-4-5-6-7-14(18)13-10-12(17-19-8-9-20-17)11-15(21-2)16(13)22-3/h8-11,14H,4-7,18H2,1-3H3,(H,19,20). The van der Waals surface area contributed by atoms with Gasteiger partial charge in [0.15, 0.2) is 11.5 Å². The molecular weight excluding hydrogens is 278 g/mol. The van der Waals surface area contributed by atoms with Crippen molar-refractivity contribution in [3.63, 3.8) is 0 Å². The number of rotatable bonds is 8. The van der Waals surface area contributed by atoms with Crippen LogP contribution in [0.4, 0.5) is 0 Å². The maximum absolute atomic E-state index is 6.39. The molecule has 0 saturated carbocycles. The van der Waals surface area contributed by atoms with E-state index in [1.807, 2.05) is 12.1 Å². The number of aromatic nitrogens is 2. The first-order valence-electron chi connectivity index (χ1n) is 7.72. The molecule has 2 aromatic rings. The first-order chi connectivity index (χ1) is 10.7. The van der Waals surface area contributed by atoms with Gasteiger partial charge in [0.25, 0.3) is 0 Å². The first kappa shape index (κ1) is 16.4. The van der Waals surface area contributed by atoms with Crippen LogP contribution in [0.15, 0.2) is 24.5 Å². The Labute approximate surface area is 131 Å². The van der Waals surface area contributed by atoms with E-state index in [0.717, 1.165) is 29.8 Å². The molecule has 2 rings (SSSR count). The second-order valence-electron chi connectivity index (χ2n) is 5.34. The van der Waals surface area contributed by atoms with Gasteiger partial charge in [0.05, 0.1) is 14.2 Å². The molecule has 0 aliphatic rings. The Hall–Kier alpha value is -2.01. The topological polar surface area (TPSA) is 73.2 Å². The molecule has 5 nitrogen and oxygen atoms in total. The quantitative estimate of drug-likeness (QED) is 0.730. The minimum atomic E-state index is -0.0784. The molecule has 0 aliphatic heterocycles. The largest absolute Gasteiger partial charge is 0.493 e. The van der Waals surface area contributed by atoms with E-state index in [-0.39, 0.29) is 6.04 Å². The molecule has 1 aromatic heterocycles. The zero-order valence-electron chi connectivity index (χ0n) is 13.6. The van der Waals surface area contributed by atoms with Crippen LogP contribution in [0.1, 0.15) is 44.2 Å². The third-order valence-corrected chi connectivity index (χ3v) is 3.80. The van der Waals surface area contributed by atoms with Gasteiger partial charge in [-0.1, -0.05) is 26.2 Å². The van der Waals surface area contributed by atoms with Gasteiger partial charge in [-0.05, 0) is 18.6 Å². The van der Waals surface area contributed by atoms with Crippen molar-refractivity contribution in [3.05, 3.63) is 30.1 Å². The highest BCUT2D eigenvalue weighted by molar-refractivity contribution is 5.64. The first-order valence-corrected chi connectivity index (χ1v) is 7.72. The molecule has 120 valence electrons. The van der Waals surface area contributed by atoms with Gasteiger partial charge in [-0.25, -0.2) is 4.98 Å². The number of ether oxygens (including phenoxy) is 2. The zero-order chi connectivity index (χ0) is 15.9. The summed E-state index contributed by atoms with van der Waals surface area (Å²) in [4.78, 5) is 7.41. The van der Waals surface area contributed by atoms with E-state index in [4.69, 9.17) is 15.2 Å². The van der Waals surface area contributed by atoms with E-state index < -0.39 is 0 Å². The lowest BCUT2D eigenvalue weighted by molar-refractivity contribution is 0.348. The number of nitrogens with two attached hydrogens (primary N) is 1. The molecule has 0 bridgehead atoms. The number of benzene rings is 1. The van der Waals surface area contributed by atoms with E-state index in [1.165, 1.54) is 12.8 Å². The lowest BCUT2D eigenvalue weighted by atomic mass is 9.97. The highest BCUT2D eigenvalue weighted by Crippen LogP contribution is 2.39. The van der Waals surface area contributed by atoms with Crippen molar-refractivity contribution in [1.29, 1.82) is 0 Å². The number of hydrogen-bond acceptors (Lipinski definition) is 4. The molecule has 1 heterocycles. The fourth-order valence-electron chi connectivity index (χ4n) is 2.60. The second kappa shape index (κ2) is 7.84. The monoisotopic (exact) mass is 303 g/mol. The molecule has 0 amide bonds. The van der Waals surface area contributed by atoms with Gasteiger partial charge in [-0.15, -0.1) is 0 Å². The van der Waals surface area contributed by atoms with Crippen LogP contribution in [-0.4, -0.2) is 24.2 Å². The van der Waals surface area contributed by atoms with Crippen molar-refractivity contribution < 1.29 is 9.47 Å². The Kier molecular flexibility index (Phi) is 5.83. The molecule has 1 aromatic carbocycles. The highest BCUT2D eigenvalue weighted by Gasteiger charge is 2.19. The number of hydrogen-bond donors (Lipinski definition) is 2. The number of nitrogens with zero attached hydrogens (tertiary/aromatic N) is 1. The number of methoxy groups -OCH3 is 2. The van der Waals surface area contributed by atoms with Crippen molar-refractivity contribution in [1.82, 2.24) is 9.97 Å². The molecule has 0 radical (unpaired) electrons. The molecular formula is C17H25N3O2. The molecule has 0 saturated heterocycles. The van der Waals surface area contributed by atoms with Crippen LogP contribution in [0, 0.1) is 0 Å². The van der Waals surface area contributed by atoms with E-state index in [0.29, 0.717) is 11.5 Å². The van der Waals surface area contributed by atoms with Crippen LogP contribution < -0.4 is 15.2 Å². The average Bonchev–Trinajstić information content (AvgIpc) is 3.08. The highest BCUT2D eigenvalue weighted by atomic mass is 16.5. The lowest BCUT2D eigenvalue weighted by Gasteiger charge is -2.19. The molecule has 22 heavy (non-hydrogen) atoms. The van der Waals surface area contributed by atoms with Crippen LogP contribution >= 0.6 is 0 Å². The summed E-state index contributed by atoms with van der Waals surface area (Å²) in [6.45, 7) is 2.19. The minimum absolute atomic E-state index is 0.0784. The summed E-state index contributed by atoms with van der Waals surface area (Å²) in [7, 11) is 3.28. The Bertz CT molecular complexity index is 582. The van der Waals surface area contributed by atoms with E-state index in [9.17, 15) is 0 Å². The van der Waals surface area contributed by atoms with Crippen LogP contribution in [0.2, 0.25) is 0 Å². The molecule has 0 fully saturated rings. The summed E-state index contributed by atoms with van der Waals surface area (Å²) in [6.07, 6.45) is 7.92. The third kappa shape index (κ3) is 3.60. The maximum atomic E-state index is 6.39. The number of imidazole rings is 1. The van der Waals surface area contributed by atoms with Crippen LogP contribution in [0.3, 0.4) is 0 Å². The third-order valence-electron chi connectivity index (χ3n) is 3.80. The molecule has 1 atom stereocenters. The summed E-state index contributed by atoms with van der Waals surface area (Å²) < 4.78 is 11.0. The van der Waals surface area contributed by atoms with Crippen molar-refractivity contribution in [2.24, 2.45) is 5.73 Å². The number of H-pyrrole nitrogens is 1.